The Kier molecular flexibility index (Phi) is 11.1. The second-order valence-corrected chi connectivity index (χ2v) is 29.2. The van der Waals surface area contributed by atoms with Gasteiger partial charge in [-0.1, -0.05) is 183 Å². The Morgan fingerprint density at radius 3 is 1.59 bits per heavy atom. The van der Waals surface area contributed by atoms with Gasteiger partial charge in [-0.15, -0.1) is 11.3 Å². The quantitative estimate of drug-likeness (QED) is 0.159. The highest BCUT2D eigenvalue weighted by Crippen LogP contribution is 2.55. The predicted molar refractivity (Wildman–Crippen MR) is 339 cm³/mol. The van der Waals surface area contributed by atoms with E-state index in [9.17, 15) is 0 Å². The fourth-order valence-electron chi connectivity index (χ4n) is 13.8. The molecule has 0 saturated carbocycles. The molecule has 392 valence electrons. The van der Waals surface area contributed by atoms with E-state index >= 15 is 0 Å². The fraction of sp³-hybridized carbons (Fsp3) is 0.315. The van der Waals surface area contributed by atoms with Crippen molar-refractivity contribution in [3.05, 3.63) is 203 Å². The summed E-state index contributed by atoms with van der Waals surface area (Å²) in [5.41, 5.74) is 26.1. The summed E-state index contributed by atoms with van der Waals surface area (Å²) in [6, 6.07) is 64.4. The zero-order valence-corrected chi connectivity index (χ0v) is 49.6. The van der Waals surface area contributed by atoms with Crippen LogP contribution in [0.15, 0.2) is 164 Å². The summed E-state index contributed by atoms with van der Waals surface area (Å²) in [6.45, 7) is 35.4. The topological polar surface area (TPSA) is 9.72 Å². The van der Waals surface area contributed by atoms with Crippen LogP contribution in [0.25, 0.3) is 21.2 Å². The van der Waals surface area contributed by atoms with E-state index in [1.165, 1.54) is 116 Å². The van der Waals surface area contributed by atoms with Gasteiger partial charge in [0.15, 0.2) is 0 Å². The van der Waals surface area contributed by atoms with Crippen LogP contribution in [-0.4, -0.2) is 6.71 Å². The van der Waals surface area contributed by atoms with Crippen LogP contribution < -0.4 is 30.4 Å². The number of fused-ring (bicyclic) bond motifs is 10. The van der Waals surface area contributed by atoms with Gasteiger partial charge in [0.25, 0.3) is 6.71 Å². The Morgan fingerprint density at radius 2 is 0.987 bits per heavy atom. The molecule has 0 fully saturated rings. The van der Waals surface area contributed by atoms with Crippen molar-refractivity contribution in [1.29, 1.82) is 0 Å². The smallest absolute Gasteiger partial charge is 0.264 e. The van der Waals surface area contributed by atoms with Crippen molar-refractivity contribution in [3.8, 4) is 11.1 Å². The van der Waals surface area contributed by atoms with Crippen LogP contribution >= 0.6 is 11.3 Å². The van der Waals surface area contributed by atoms with Crippen LogP contribution in [-0.2, 0) is 32.5 Å². The first-order chi connectivity index (χ1) is 36.8. The molecule has 13 rings (SSSR count). The lowest BCUT2D eigenvalue weighted by Gasteiger charge is -2.45. The number of hydrogen-bond acceptors (Lipinski definition) is 4. The standard InChI is InChI=1S/C73H76BN3S/c1-68(2,3)45-23-29-48(30-24-45)75(49-31-25-46(26-32-49)69(4,5)6)52-36-38-60-63(42-52)76(51-35-37-57-59(41-51)72(12,13)40-39-71(57,10)11)61-21-18-22-62-65(61)74(60)67-66(77(62)50-33-27-47(28-34-50)70(7,8)9)55-43-54-53-19-16-17-20-56(53)73(14,15)58(54)44-64(55)78-67/h16-38,41-44H,39-40H2,1-15H3. The lowest BCUT2D eigenvalue weighted by molar-refractivity contribution is 0.332. The van der Waals surface area contributed by atoms with E-state index in [4.69, 9.17) is 0 Å². The maximum Gasteiger partial charge on any atom is 0.264 e. The Morgan fingerprint density at radius 1 is 0.449 bits per heavy atom. The van der Waals surface area contributed by atoms with Crippen molar-refractivity contribution in [2.24, 2.45) is 0 Å². The van der Waals surface area contributed by atoms with Gasteiger partial charge >= 0.3 is 0 Å². The van der Waals surface area contributed by atoms with Crippen molar-refractivity contribution in [2.75, 3.05) is 14.7 Å². The highest BCUT2D eigenvalue weighted by Gasteiger charge is 2.47. The highest BCUT2D eigenvalue weighted by molar-refractivity contribution is 7.33. The molecule has 2 aliphatic carbocycles. The highest BCUT2D eigenvalue weighted by atomic mass is 32.1. The number of benzene rings is 8. The van der Waals surface area contributed by atoms with Gasteiger partial charge in [0.2, 0.25) is 0 Å². The van der Waals surface area contributed by atoms with Crippen LogP contribution in [0.3, 0.4) is 0 Å². The molecular weight excluding hydrogens is 962 g/mol. The van der Waals surface area contributed by atoms with Gasteiger partial charge in [-0.25, -0.2) is 0 Å². The molecule has 78 heavy (non-hydrogen) atoms. The van der Waals surface area contributed by atoms with Crippen LogP contribution in [0.1, 0.15) is 156 Å². The molecule has 0 N–H and O–H groups in total. The first-order valence-corrected chi connectivity index (χ1v) is 29.5. The molecule has 0 bridgehead atoms. The molecular formula is C73H76BN3S. The summed E-state index contributed by atoms with van der Waals surface area (Å²) in [7, 11) is 0. The van der Waals surface area contributed by atoms with E-state index in [0.717, 1.165) is 23.5 Å². The van der Waals surface area contributed by atoms with E-state index in [1.807, 2.05) is 11.3 Å². The van der Waals surface area contributed by atoms with Crippen LogP contribution in [0, 0.1) is 0 Å². The molecule has 0 saturated heterocycles. The minimum absolute atomic E-state index is 0.0114. The number of hydrogen-bond donors (Lipinski definition) is 0. The maximum absolute atomic E-state index is 2.64. The van der Waals surface area contributed by atoms with Crippen LogP contribution in [0.4, 0.5) is 51.2 Å². The Labute approximate surface area is 470 Å². The molecule has 9 aromatic rings. The van der Waals surface area contributed by atoms with E-state index in [0.29, 0.717) is 0 Å². The minimum Gasteiger partial charge on any atom is -0.311 e. The van der Waals surface area contributed by atoms with E-state index in [1.54, 1.807) is 0 Å². The van der Waals surface area contributed by atoms with E-state index in [2.05, 4.69) is 282 Å². The van der Waals surface area contributed by atoms with Gasteiger partial charge in [-0.2, -0.15) is 0 Å². The summed E-state index contributed by atoms with van der Waals surface area (Å²) in [4.78, 5) is 7.76. The lowest BCUT2D eigenvalue weighted by Crippen LogP contribution is -2.60. The SMILES string of the molecule is CC(C)(C)c1ccc(N(c2ccc(C(C)(C)C)cc2)c2ccc3c(c2)N(c2ccc4c(c2)C(C)(C)CCC4(C)C)c2cccc4c2B3c2sc3cc5c(cc3c2N4c2ccc(C(C)(C)C)cc2)-c2ccccc2C5(C)C)cc1. The molecule has 5 heteroatoms. The Hall–Kier alpha value is -6.82. The number of nitrogens with zero attached hydrogens (tertiary/aromatic N) is 3. The normalized spacial score (nSPS) is 16.5. The van der Waals surface area contributed by atoms with Gasteiger partial charge in [0.05, 0.1) is 5.69 Å². The summed E-state index contributed by atoms with van der Waals surface area (Å²) in [6.07, 6.45) is 2.33. The molecule has 0 unspecified atom stereocenters. The van der Waals surface area contributed by atoms with Gasteiger partial charge < -0.3 is 14.7 Å². The molecule has 0 radical (unpaired) electrons. The fourth-order valence-corrected chi connectivity index (χ4v) is 15.1. The Bertz CT molecular complexity index is 3830. The van der Waals surface area contributed by atoms with Crippen molar-refractivity contribution in [1.82, 2.24) is 0 Å². The average molecular weight is 1040 g/mol. The van der Waals surface area contributed by atoms with Gasteiger partial charge in [-0.05, 0) is 186 Å². The largest absolute Gasteiger partial charge is 0.311 e. The van der Waals surface area contributed by atoms with Crippen molar-refractivity contribution < 1.29 is 0 Å². The van der Waals surface area contributed by atoms with Gasteiger partial charge in [-0.3, -0.25) is 0 Å². The lowest BCUT2D eigenvalue weighted by atomic mass is 9.36. The zero-order chi connectivity index (χ0) is 54.8. The third-order valence-electron chi connectivity index (χ3n) is 18.6. The second kappa shape index (κ2) is 17.1. The van der Waals surface area contributed by atoms with E-state index < -0.39 is 0 Å². The Balaban J connectivity index is 1.09. The molecule has 8 aromatic carbocycles. The second-order valence-electron chi connectivity index (χ2n) is 28.2. The summed E-state index contributed by atoms with van der Waals surface area (Å²) < 4.78 is 2.74. The molecule has 0 amide bonds. The van der Waals surface area contributed by atoms with Crippen molar-refractivity contribution in [3.63, 3.8) is 0 Å². The molecule has 1 aromatic heterocycles. The zero-order valence-electron chi connectivity index (χ0n) is 48.8. The molecule has 3 heterocycles. The first-order valence-electron chi connectivity index (χ1n) is 28.7. The predicted octanol–water partition coefficient (Wildman–Crippen LogP) is 19.0. The molecule has 0 atom stereocenters. The average Bonchev–Trinajstić information content (AvgIpc) is 4.07. The molecule has 0 spiro atoms. The number of thiophene rings is 1. The summed E-state index contributed by atoms with van der Waals surface area (Å²) >= 11 is 2.01. The summed E-state index contributed by atoms with van der Waals surface area (Å²) in [5.74, 6) is 0. The van der Waals surface area contributed by atoms with Gasteiger partial charge in [0.1, 0.15) is 0 Å². The van der Waals surface area contributed by atoms with Crippen LogP contribution in [0.5, 0.6) is 0 Å². The van der Waals surface area contributed by atoms with E-state index in [-0.39, 0.29) is 39.2 Å². The van der Waals surface area contributed by atoms with Crippen molar-refractivity contribution in [2.45, 2.75) is 149 Å². The molecule has 3 nitrogen and oxygen atoms in total. The maximum atomic E-state index is 2.64. The third-order valence-corrected chi connectivity index (χ3v) is 19.8. The molecule has 4 aliphatic rings. The minimum atomic E-state index is -0.109. The number of rotatable bonds is 5. The molecule has 2 aliphatic heterocycles. The van der Waals surface area contributed by atoms with Crippen LogP contribution in [0.2, 0.25) is 0 Å². The van der Waals surface area contributed by atoms with Gasteiger partial charge in [0, 0.05) is 65.8 Å². The summed E-state index contributed by atoms with van der Waals surface area (Å²) in [5, 5.41) is 1.32. The first kappa shape index (κ1) is 50.7. The third kappa shape index (κ3) is 7.79. The van der Waals surface area contributed by atoms with Crippen molar-refractivity contribution >= 4 is 95.0 Å². The number of anilines is 9. The monoisotopic (exact) mass is 1040 g/mol.